The number of hydrogen-bond acceptors (Lipinski definition) is 1. The Hall–Kier alpha value is -3.59. The van der Waals surface area contributed by atoms with Crippen LogP contribution in [0.1, 0.15) is 28.9 Å². The lowest BCUT2D eigenvalue weighted by Crippen LogP contribution is -2.03. The van der Waals surface area contributed by atoms with E-state index in [-0.39, 0.29) is 0 Å². The first-order valence-corrected chi connectivity index (χ1v) is 9.46. The topological polar surface area (TPSA) is 42.2 Å². The first kappa shape index (κ1) is 16.6. The molecule has 136 valence electrons. The van der Waals surface area contributed by atoms with Gasteiger partial charge in [0, 0.05) is 11.1 Å². The third kappa shape index (κ3) is 2.64. The maximum atomic E-state index is 11.5. The Kier molecular flexibility index (Phi) is 3.87. The molecule has 0 bridgehead atoms. The van der Waals surface area contributed by atoms with E-state index in [0.717, 1.165) is 29.7 Å². The number of carbonyl (C=O) groups is 1. The van der Waals surface area contributed by atoms with E-state index in [4.69, 9.17) is 0 Å². The summed E-state index contributed by atoms with van der Waals surface area (Å²) >= 11 is 0. The molecule has 5 rings (SSSR count). The fourth-order valence-electron chi connectivity index (χ4n) is 4.03. The van der Waals surface area contributed by atoms with Crippen molar-refractivity contribution in [3.63, 3.8) is 0 Å². The molecule has 0 spiro atoms. The summed E-state index contributed by atoms with van der Waals surface area (Å²) in [4.78, 5) is 11.5. The van der Waals surface area contributed by atoms with Crippen molar-refractivity contribution in [2.75, 3.05) is 0 Å². The van der Waals surface area contributed by atoms with Gasteiger partial charge in [-0.15, -0.1) is 0 Å². The molecule has 1 N–H and O–H groups in total. The highest BCUT2D eigenvalue weighted by Gasteiger charge is 2.16. The Bertz CT molecular complexity index is 1290. The molecule has 3 heteroatoms. The first-order chi connectivity index (χ1) is 13.7. The van der Waals surface area contributed by atoms with Crippen LogP contribution in [-0.4, -0.2) is 15.6 Å². The maximum Gasteiger partial charge on any atom is 0.335 e. The van der Waals surface area contributed by atoms with Crippen molar-refractivity contribution in [3.05, 3.63) is 96.2 Å². The Morgan fingerprint density at radius 1 is 0.893 bits per heavy atom. The van der Waals surface area contributed by atoms with Crippen LogP contribution in [0.2, 0.25) is 0 Å². The summed E-state index contributed by atoms with van der Waals surface area (Å²) < 4.78 is 2.18. The lowest BCUT2D eigenvalue weighted by molar-refractivity contribution is 0.0697. The molecule has 0 aliphatic heterocycles. The minimum Gasteiger partial charge on any atom is -0.478 e. The Balaban J connectivity index is 1.86. The molecule has 0 atom stereocenters. The van der Waals surface area contributed by atoms with Gasteiger partial charge >= 0.3 is 5.97 Å². The molecule has 28 heavy (non-hydrogen) atoms. The van der Waals surface area contributed by atoms with Crippen molar-refractivity contribution in [3.8, 4) is 5.69 Å². The van der Waals surface area contributed by atoms with Gasteiger partial charge in [-0.2, -0.15) is 0 Å². The fraction of sp³-hybridized carbons (Fsp3) is 0.0800. The molecule has 1 aliphatic carbocycles. The summed E-state index contributed by atoms with van der Waals surface area (Å²) in [6.07, 6.45) is 8.69. The number of hydrogen-bond donors (Lipinski definition) is 1. The number of carboxylic acids is 1. The van der Waals surface area contributed by atoms with Crippen LogP contribution < -0.4 is 0 Å². The standard InChI is InChI=1S/C25H19NO2/c27-25(28)19-10-6-11-20(15-19)26-23-14-13-17-7-4-5-12-21(17)22(23)16-24(26)18-8-2-1-3-9-18/h2,4-16H,1,3H2,(H,27,28). The molecule has 0 unspecified atom stereocenters. The van der Waals surface area contributed by atoms with E-state index in [1.165, 1.54) is 21.7 Å². The minimum absolute atomic E-state index is 0.291. The van der Waals surface area contributed by atoms with Crippen LogP contribution in [0.3, 0.4) is 0 Å². The summed E-state index contributed by atoms with van der Waals surface area (Å²) in [6.45, 7) is 0. The van der Waals surface area contributed by atoms with Gasteiger partial charge in [0.05, 0.1) is 16.8 Å². The number of aromatic nitrogens is 1. The summed E-state index contributed by atoms with van der Waals surface area (Å²) in [5, 5.41) is 13.0. The van der Waals surface area contributed by atoms with Gasteiger partial charge in [0.1, 0.15) is 0 Å². The number of rotatable bonds is 3. The van der Waals surface area contributed by atoms with Gasteiger partial charge < -0.3 is 9.67 Å². The lowest BCUT2D eigenvalue weighted by atomic mass is 10.0. The van der Waals surface area contributed by atoms with Gasteiger partial charge in [-0.3, -0.25) is 0 Å². The van der Waals surface area contributed by atoms with Gasteiger partial charge in [-0.25, -0.2) is 4.79 Å². The van der Waals surface area contributed by atoms with Crippen molar-refractivity contribution in [2.45, 2.75) is 12.8 Å². The van der Waals surface area contributed by atoms with Crippen LogP contribution in [0.15, 0.2) is 85.0 Å². The van der Waals surface area contributed by atoms with Crippen molar-refractivity contribution >= 4 is 33.2 Å². The zero-order valence-electron chi connectivity index (χ0n) is 15.3. The van der Waals surface area contributed by atoms with E-state index in [1.807, 2.05) is 6.07 Å². The average molecular weight is 365 g/mol. The molecule has 1 aliphatic rings. The molecule has 0 fully saturated rings. The molecule has 3 nitrogen and oxygen atoms in total. The monoisotopic (exact) mass is 365 g/mol. The quantitative estimate of drug-likeness (QED) is 0.468. The van der Waals surface area contributed by atoms with Crippen LogP contribution >= 0.6 is 0 Å². The fourth-order valence-corrected chi connectivity index (χ4v) is 4.03. The molecular formula is C25H19NO2. The highest BCUT2D eigenvalue weighted by Crippen LogP contribution is 2.35. The average Bonchev–Trinajstić information content (AvgIpc) is 3.14. The van der Waals surface area contributed by atoms with E-state index in [2.05, 4.69) is 65.3 Å². The van der Waals surface area contributed by atoms with E-state index >= 15 is 0 Å². The zero-order valence-corrected chi connectivity index (χ0v) is 15.3. The Morgan fingerprint density at radius 3 is 2.61 bits per heavy atom. The summed E-state index contributed by atoms with van der Waals surface area (Å²) in [7, 11) is 0. The van der Waals surface area contributed by atoms with Gasteiger partial charge in [0.2, 0.25) is 0 Å². The van der Waals surface area contributed by atoms with Gasteiger partial charge in [0.25, 0.3) is 0 Å². The van der Waals surface area contributed by atoms with E-state index in [0.29, 0.717) is 5.56 Å². The molecule has 4 aromatic rings. The second-order valence-electron chi connectivity index (χ2n) is 7.08. The molecule has 1 aromatic heterocycles. The second-order valence-corrected chi connectivity index (χ2v) is 7.08. The molecule has 0 saturated carbocycles. The van der Waals surface area contributed by atoms with E-state index in [9.17, 15) is 9.90 Å². The van der Waals surface area contributed by atoms with Gasteiger partial charge in [-0.05, 0) is 59.5 Å². The maximum absolute atomic E-state index is 11.5. The molecular weight excluding hydrogens is 346 g/mol. The number of aromatic carboxylic acids is 1. The Morgan fingerprint density at radius 2 is 1.79 bits per heavy atom. The van der Waals surface area contributed by atoms with Crippen LogP contribution in [0.4, 0.5) is 0 Å². The van der Waals surface area contributed by atoms with Gasteiger partial charge in [-0.1, -0.05) is 54.6 Å². The predicted molar refractivity (Wildman–Crippen MR) is 114 cm³/mol. The molecule has 1 heterocycles. The third-order valence-electron chi connectivity index (χ3n) is 5.35. The summed E-state index contributed by atoms with van der Waals surface area (Å²) in [5.74, 6) is -0.915. The van der Waals surface area contributed by atoms with Crippen LogP contribution in [-0.2, 0) is 0 Å². The SMILES string of the molecule is O=C(O)c1cccc(-n2c(C3=CCCC=C3)cc3c4ccccc4ccc32)c1. The lowest BCUT2D eigenvalue weighted by Gasteiger charge is -2.14. The van der Waals surface area contributed by atoms with Crippen LogP contribution in [0.5, 0.6) is 0 Å². The third-order valence-corrected chi connectivity index (χ3v) is 5.35. The number of fused-ring (bicyclic) bond motifs is 3. The highest BCUT2D eigenvalue weighted by atomic mass is 16.4. The summed E-state index contributed by atoms with van der Waals surface area (Å²) in [6, 6.07) is 22.0. The highest BCUT2D eigenvalue weighted by molar-refractivity contribution is 6.09. The minimum atomic E-state index is -0.915. The smallest absolute Gasteiger partial charge is 0.335 e. The number of carboxylic acid groups (broad SMARTS) is 1. The van der Waals surface area contributed by atoms with Gasteiger partial charge in [0.15, 0.2) is 0 Å². The van der Waals surface area contributed by atoms with Crippen molar-refractivity contribution in [1.82, 2.24) is 4.57 Å². The Labute approximate surface area is 162 Å². The van der Waals surface area contributed by atoms with E-state index < -0.39 is 5.97 Å². The number of allylic oxidation sites excluding steroid dienone is 4. The molecule has 0 amide bonds. The normalized spacial score (nSPS) is 13.8. The predicted octanol–water partition coefficient (Wildman–Crippen LogP) is 6.22. The second kappa shape index (κ2) is 6.54. The zero-order chi connectivity index (χ0) is 19.1. The first-order valence-electron chi connectivity index (χ1n) is 9.46. The van der Waals surface area contributed by atoms with E-state index in [1.54, 1.807) is 18.2 Å². The largest absolute Gasteiger partial charge is 0.478 e. The van der Waals surface area contributed by atoms with Crippen molar-refractivity contribution in [2.24, 2.45) is 0 Å². The van der Waals surface area contributed by atoms with Crippen molar-refractivity contribution in [1.29, 1.82) is 0 Å². The number of benzene rings is 3. The molecule has 0 saturated heterocycles. The van der Waals surface area contributed by atoms with Crippen LogP contribution in [0, 0.1) is 0 Å². The number of nitrogens with zero attached hydrogens (tertiary/aromatic N) is 1. The van der Waals surface area contributed by atoms with Crippen LogP contribution in [0.25, 0.3) is 32.9 Å². The summed E-state index contributed by atoms with van der Waals surface area (Å²) in [5.41, 5.74) is 4.49. The molecule has 0 radical (unpaired) electrons. The molecule has 3 aromatic carbocycles. The van der Waals surface area contributed by atoms with Crippen molar-refractivity contribution < 1.29 is 9.90 Å².